The molecule has 6 N–H and O–H groups in total. The number of pyridine rings is 1. The highest BCUT2D eigenvalue weighted by Gasteiger charge is 2.12. The molecule has 6 nitrogen and oxygen atoms in total. The molecular weight excluding hydrogens is 255 g/mol. The van der Waals surface area contributed by atoms with Crippen molar-refractivity contribution in [1.29, 1.82) is 0 Å². The van der Waals surface area contributed by atoms with Crippen molar-refractivity contribution in [2.45, 2.75) is 6.04 Å². The van der Waals surface area contributed by atoms with Gasteiger partial charge in [0.1, 0.15) is 5.82 Å². The number of halogens is 2. The van der Waals surface area contributed by atoms with Crippen molar-refractivity contribution in [3.05, 3.63) is 16.1 Å². The Morgan fingerprint density at radius 3 is 2.31 bits per heavy atom. The molecule has 0 spiro atoms. The van der Waals surface area contributed by atoms with Crippen molar-refractivity contribution in [2.24, 2.45) is 5.84 Å². The molecule has 0 aliphatic heterocycles. The summed E-state index contributed by atoms with van der Waals surface area (Å²) < 4.78 is 0. The lowest BCUT2D eigenvalue weighted by Crippen LogP contribution is -2.28. The summed E-state index contributed by atoms with van der Waals surface area (Å²) in [6.07, 6.45) is 0. The first-order valence-corrected chi connectivity index (χ1v) is 5.18. The predicted octanol–water partition coefficient (Wildman–Crippen LogP) is 0.439. The number of hydrogen-bond donors (Lipinski definition) is 5. The van der Waals surface area contributed by atoms with E-state index in [-0.39, 0.29) is 34.9 Å². The van der Waals surface area contributed by atoms with E-state index in [0.29, 0.717) is 0 Å². The van der Waals surface area contributed by atoms with E-state index < -0.39 is 6.04 Å². The van der Waals surface area contributed by atoms with E-state index in [1.54, 1.807) is 0 Å². The maximum atomic E-state index is 8.90. The number of nitrogen functional groups attached to an aromatic ring is 1. The van der Waals surface area contributed by atoms with Crippen LogP contribution < -0.4 is 16.6 Å². The van der Waals surface area contributed by atoms with Crippen molar-refractivity contribution >= 4 is 34.8 Å². The maximum absolute atomic E-state index is 8.90. The molecule has 0 fully saturated rings. The molecule has 0 atom stereocenters. The van der Waals surface area contributed by atoms with Gasteiger partial charge in [-0.3, -0.25) is 0 Å². The zero-order valence-corrected chi connectivity index (χ0v) is 9.76. The number of rotatable bonds is 5. The fourth-order valence-corrected chi connectivity index (χ4v) is 1.48. The molecule has 90 valence electrons. The molecule has 0 amide bonds. The van der Waals surface area contributed by atoms with Crippen LogP contribution in [-0.2, 0) is 0 Å². The van der Waals surface area contributed by atoms with Crippen molar-refractivity contribution < 1.29 is 10.2 Å². The van der Waals surface area contributed by atoms with Crippen molar-refractivity contribution in [3.8, 4) is 0 Å². The third-order valence-electron chi connectivity index (χ3n) is 1.85. The number of aromatic nitrogens is 1. The summed E-state index contributed by atoms with van der Waals surface area (Å²) in [7, 11) is 0. The van der Waals surface area contributed by atoms with Crippen LogP contribution in [0.2, 0.25) is 10.0 Å². The van der Waals surface area contributed by atoms with E-state index in [4.69, 9.17) is 39.3 Å². The summed E-state index contributed by atoms with van der Waals surface area (Å²) in [5.74, 6) is 5.74. The van der Waals surface area contributed by atoms with Gasteiger partial charge in [0.25, 0.3) is 0 Å². The fraction of sp³-hybridized carbons (Fsp3) is 0.375. The van der Waals surface area contributed by atoms with E-state index in [9.17, 15) is 0 Å². The molecule has 1 heterocycles. The quantitative estimate of drug-likeness (QED) is 0.392. The Morgan fingerprint density at radius 2 is 1.81 bits per heavy atom. The second-order valence-corrected chi connectivity index (χ2v) is 3.81. The summed E-state index contributed by atoms with van der Waals surface area (Å²) >= 11 is 11.7. The van der Waals surface area contributed by atoms with Gasteiger partial charge in [-0.05, 0) is 6.07 Å². The van der Waals surface area contributed by atoms with Crippen LogP contribution in [0.1, 0.15) is 0 Å². The Bertz CT molecular complexity index is 360. The molecule has 0 saturated heterocycles. The Hall–Kier alpha value is -0.790. The number of nitrogens with one attached hydrogen (secondary N) is 2. The molecule has 16 heavy (non-hydrogen) atoms. The summed E-state index contributed by atoms with van der Waals surface area (Å²) in [6, 6.07) is 0.913. The van der Waals surface area contributed by atoms with Crippen molar-refractivity contribution in [2.75, 3.05) is 24.0 Å². The molecule has 0 aliphatic carbocycles. The van der Waals surface area contributed by atoms with Gasteiger partial charge < -0.3 is 21.0 Å². The van der Waals surface area contributed by atoms with Gasteiger partial charge in [-0.15, -0.1) is 0 Å². The topological polar surface area (TPSA) is 103 Å². The van der Waals surface area contributed by atoms with Crippen LogP contribution in [0.15, 0.2) is 6.07 Å². The molecule has 0 unspecified atom stereocenters. The third kappa shape index (κ3) is 3.10. The highest BCUT2D eigenvalue weighted by Crippen LogP contribution is 2.28. The van der Waals surface area contributed by atoms with E-state index in [2.05, 4.69) is 15.7 Å². The standard InChI is InChI=1S/C8H12Cl2N4O2/c9-5-1-6(10)8(14-11)13-7(5)12-4(2-15)3-16/h1,4,15-16H,2-3,11H2,(H2,12,13,14). The minimum atomic E-state index is -0.545. The van der Waals surface area contributed by atoms with Gasteiger partial charge in [-0.25, -0.2) is 10.8 Å². The normalized spacial score (nSPS) is 10.6. The molecule has 0 aromatic carbocycles. The van der Waals surface area contributed by atoms with Crippen LogP contribution in [0.4, 0.5) is 11.6 Å². The molecule has 0 aliphatic rings. The SMILES string of the molecule is NNc1nc(NC(CO)CO)c(Cl)cc1Cl. The first-order chi connectivity index (χ1) is 7.62. The highest BCUT2D eigenvalue weighted by molar-refractivity contribution is 6.37. The fourth-order valence-electron chi connectivity index (χ4n) is 1.01. The van der Waals surface area contributed by atoms with Gasteiger partial charge in [-0.2, -0.15) is 0 Å². The second-order valence-electron chi connectivity index (χ2n) is 3.00. The van der Waals surface area contributed by atoms with Crippen LogP contribution in [0, 0.1) is 0 Å². The molecule has 0 saturated carbocycles. The van der Waals surface area contributed by atoms with E-state index >= 15 is 0 Å². The third-order valence-corrected chi connectivity index (χ3v) is 2.42. The number of aliphatic hydroxyl groups excluding tert-OH is 2. The molecule has 0 bridgehead atoms. The molecular formula is C8H12Cl2N4O2. The van der Waals surface area contributed by atoms with Gasteiger partial charge in [-0.1, -0.05) is 23.2 Å². The minimum Gasteiger partial charge on any atom is -0.394 e. The Morgan fingerprint density at radius 1 is 1.25 bits per heavy atom. The summed E-state index contributed by atoms with van der Waals surface area (Å²) in [4.78, 5) is 3.99. The highest BCUT2D eigenvalue weighted by atomic mass is 35.5. The number of anilines is 2. The number of nitrogens with zero attached hydrogens (tertiary/aromatic N) is 1. The average Bonchev–Trinajstić information content (AvgIpc) is 2.28. The molecule has 1 aromatic rings. The van der Waals surface area contributed by atoms with Crippen LogP contribution in [0.3, 0.4) is 0 Å². The smallest absolute Gasteiger partial charge is 0.161 e. The Kier molecular flexibility index (Phi) is 5.04. The largest absolute Gasteiger partial charge is 0.394 e. The van der Waals surface area contributed by atoms with Gasteiger partial charge in [0.05, 0.1) is 29.3 Å². The Balaban J connectivity index is 2.95. The summed E-state index contributed by atoms with van der Waals surface area (Å²) in [5.41, 5.74) is 2.31. The van der Waals surface area contributed by atoms with Crippen LogP contribution >= 0.6 is 23.2 Å². The Labute approximate surface area is 102 Å². The predicted molar refractivity (Wildman–Crippen MR) is 63.6 cm³/mol. The van der Waals surface area contributed by atoms with Gasteiger partial charge in [0.2, 0.25) is 0 Å². The number of hydrazine groups is 1. The van der Waals surface area contributed by atoms with Crippen LogP contribution in [0.5, 0.6) is 0 Å². The van der Waals surface area contributed by atoms with Crippen molar-refractivity contribution in [1.82, 2.24) is 4.98 Å². The number of aliphatic hydroxyl groups is 2. The monoisotopic (exact) mass is 266 g/mol. The first kappa shape index (κ1) is 13.3. The molecule has 1 aromatic heterocycles. The molecule has 1 rings (SSSR count). The lowest BCUT2D eigenvalue weighted by molar-refractivity contribution is 0.203. The maximum Gasteiger partial charge on any atom is 0.161 e. The summed E-state index contributed by atoms with van der Waals surface area (Å²) in [5, 5.41) is 21.1. The lowest BCUT2D eigenvalue weighted by atomic mass is 10.3. The molecule has 8 heteroatoms. The second kappa shape index (κ2) is 6.07. The van der Waals surface area contributed by atoms with Gasteiger partial charge in [0, 0.05) is 0 Å². The van der Waals surface area contributed by atoms with E-state index in [0.717, 1.165) is 0 Å². The molecule has 0 radical (unpaired) electrons. The van der Waals surface area contributed by atoms with Gasteiger partial charge >= 0.3 is 0 Å². The number of hydrogen-bond acceptors (Lipinski definition) is 6. The van der Waals surface area contributed by atoms with Crippen LogP contribution in [-0.4, -0.2) is 34.5 Å². The van der Waals surface area contributed by atoms with Crippen LogP contribution in [0.25, 0.3) is 0 Å². The lowest BCUT2D eigenvalue weighted by Gasteiger charge is -2.16. The zero-order chi connectivity index (χ0) is 12.1. The van der Waals surface area contributed by atoms with E-state index in [1.807, 2.05) is 0 Å². The zero-order valence-electron chi connectivity index (χ0n) is 8.24. The summed E-state index contributed by atoms with van der Waals surface area (Å²) in [6.45, 7) is -0.495. The first-order valence-electron chi connectivity index (χ1n) is 4.43. The minimum absolute atomic E-state index is 0.247. The van der Waals surface area contributed by atoms with Crippen molar-refractivity contribution in [3.63, 3.8) is 0 Å². The number of nitrogens with two attached hydrogens (primary N) is 1. The average molecular weight is 267 g/mol. The van der Waals surface area contributed by atoms with E-state index in [1.165, 1.54) is 6.07 Å². The van der Waals surface area contributed by atoms with Gasteiger partial charge in [0.15, 0.2) is 5.82 Å².